The second-order valence-corrected chi connectivity index (χ2v) is 5.34. The normalized spacial score (nSPS) is 30.9. The molecule has 1 rings (SSSR count). The predicted octanol–water partition coefficient (Wildman–Crippen LogP) is 2.00. The second kappa shape index (κ2) is 5.02. The quantitative estimate of drug-likeness (QED) is 0.734. The zero-order valence-corrected chi connectivity index (χ0v) is 9.53. The van der Waals surface area contributed by atoms with Crippen LogP contribution < -0.4 is 0 Å². The first-order valence-electron chi connectivity index (χ1n) is 4.72. The van der Waals surface area contributed by atoms with Gasteiger partial charge in [0.1, 0.15) is 12.7 Å². The Bertz CT molecular complexity index is 231. The lowest BCUT2D eigenvalue weighted by Gasteiger charge is -2.25. The molecule has 0 aromatic rings. The van der Waals surface area contributed by atoms with E-state index in [0.29, 0.717) is 6.42 Å². The largest absolute Gasteiger partial charge is 0.508 e. The van der Waals surface area contributed by atoms with Gasteiger partial charge in [0.25, 0.3) is 0 Å². The van der Waals surface area contributed by atoms with Gasteiger partial charge in [0.2, 0.25) is 0 Å². The van der Waals surface area contributed by atoms with Crippen LogP contribution in [0.15, 0.2) is 0 Å². The summed E-state index contributed by atoms with van der Waals surface area (Å²) in [4.78, 5) is 11.1. The first kappa shape index (κ1) is 12.6. The highest BCUT2D eigenvalue weighted by Crippen LogP contribution is 2.52. The minimum Gasteiger partial charge on any atom is -0.434 e. The summed E-state index contributed by atoms with van der Waals surface area (Å²) >= 11 is 0. The maximum Gasteiger partial charge on any atom is 0.508 e. The molecule has 1 heterocycles. The Morgan fingerprint density at radius 3 is 2.73 bits per heavy atom. The maximum absolute atomic E-state index is 11.1. The number of hydrogen-bond donors (Lipinski definition) is 2. The molecule has 1 saturated heterocycles. The van der Waals surface area contributed by atoms with Gasteiger partial charge in [-0.05, 0) is 13.3 Å². The fraction of sp³-hybridized carbons (Fsp3) is 0.875. The summed E-state index contributed by atoms with van der Waals surface area (Å²) in [7, 11) is -3.07. The van der Waals surface area contributed by atoms with Crippen molar-refractivity contribution in [3.05, 3.63) is 0 Å². The molecular formula is C8H16O6S. The minimum atomic E-state index is -3.07. The van der Waals surface area contributed by atoms with Gasteiger partial charge >= 0.3 is 6.16 Å². The molecule has 2 unspecified atom stereocenters. The molecule has 0 amide bonds. The number of rotatable bonds is 3. The van der Waals surface area contributed by atoms with Gasteiger partial charge in [0, 0.05) is 0 Å². The lowest BCUT2D eigenvalue weighted by molar-refractivity contribution is 0.0179. The summed E-state index contributed by atoms with van der Waals surface area (Å²) in [5.41, 5.74) is 0. The molecule has 0 aliphatic carbocycles. The maximum atomic E-state index is 11.1. The van der Waals surface area contributed by atoms with E-state index in [1.807, 2.05) is 6.92 Å². The Balaban J connectivity index is 2.37. The first-order chi connectivity index (χ1) is 6.97. The van der Waals surface area contributed by atoms with Gasteiger partial charge in [0.05, 0.1) is 22.7 Å². The molecule has 90 valence electrons. The molecule has 0 radical (unpaired) electrons. The van der Waals surface area contributed by atoms with Crippen LogP contribution >= 0.6 is 10.9 Å². The summed E-state index contributed by atoms with van der Waals surface area (Å²) in [6, 6.07) is 0. The van der Waals surface area contributed by atoms with Crippen LogP contribution in [0.2, 0.25) is 0 Å². The molecular weight excluding hydrogens is 224 g/mol. The van der Waals surface area contributed by atoms with Gasteiger partial charge in [0.15, 0.2) is 0 Å². The van der Waals surface area contributed by atoms with E-state index in [1.54, 1.807) is 6.92 Å². The SMILES string of the molecule is CCCOC(=O)OC1COS(O)(O)C1C. The van der Waals surface area contributed by atoms with Gasteiger partial charge in [-0.1, -0.05) is 6.92 Å². The third kappa shape index (κ3) is 3.23. The molecule has 2 atom stereocenters. The van der Waals surface area contributed by atoms with Crippen LogP contribution in [-0.2, 0) is 13.7 Å². The van der Waals surface area contributed by atoms with E-state index < -0.39 is 28.4 Å². The molecule has 1 aliphatic heterocycles. The topological polar surface area (TPSA) is 85.2 Å². The molecule has 0 aromatic carbocycles. The molecule has 1 fully saturated rings. The van der Waals surface area contributed by atoms with Crippen LogP contribution in [-0.4, -0.2) is 39.8 Å². The van der Waals surface area contributed by atoms with Crippen LogP contribution in [0.4, 0.5) is 4.79 Å². The van der Waals surface area contributed by atoms with Crippen LogP contribution in [0.3, 0.4) is 0 Å². The number of hydrogen-bond acceptors (Lipinski definition) is 6. The Hall–Kier alpha value is -0.500. The van der Waals surface area contributed by atoms with Gasteiger partial charge in [-0.15, -0.1) is 0 Å². The van der Waals surface area contributed by atoms with Crippen LogP contribution in [0, 0.1) is 0 Å². The van der Waals surface area contributed by atoms with Crippen molar-refractivity contribution in [2.75, 3.05) is 13.2 Å². The lowest BCUT2D eigenvalue weighted by atomic mass is 10.3. The van der Waals surface area contributed by atoms with Gasteiger partial charge < -0.3 is 18.6 Å². The predicted molar refractivity (Wildman–Crippen MR) is 54.8 cm³/mol. The molecule has 7 heteroatoms. The monoisotopic (exact) mass is 240 g/mol. The molecule has 15 heavy (non-hydrogen) atoms. The van der Waals surface area contributed by atoms with E-state index in [-0.39, 0.29) is 13.2 Å². The first-order valence-corrected chi connectivity index (χ1v) is 6.25. The average Bonchev–Trinajstić information content (AvgIpc) is 2.42. The highest BCUT2D eigenvalue weighted by atomic mass is 32.3. The Morgan fingerprint density at radius 2 is 2.27 bits per heavy atom. The van der Waals surface area contributed by atoms with Crippen LogP contribution in [0.1, 0.15) is 20.3 Å². The Labute approximate surface area is 90.1 Å². The van der Waals surface area contributed by atoms with E-state index in [2.05, 4.69) is 0 Å². The van der Waals surface area contributed by atoms with Gasteiger partial charge in [-0.3, -0.25) is 4.18 Å². The fourth-order valence-electron chi connectivity index (χ4n) is 1.08. The number of carbonyl (C=O) groups excluding carboxylic acids is 1. The Morgan fingerprint density at radius 1 is 1.60 bits per heavy atom. The fourth-order valence-corrected chi connectivity index (χ4v) is 2.16. The third-order valence-electron chi connectivity index (χ3n) is 2.09. The smallest absolute Gasteiger partial charge is 0.434 e. The van der Waals surface area contributed by atoms with E-state index in [1.165, 1.54) is 0 Å². The van der Waals surface area contributed by atoms with Crippen molar-refractivity contribution in [1.29, 1.82) is 0 Å². The van der Waals surface area contributed by atoms with Crippen LogP contribution in [0.25, 0.3) is 0 Å². The standard InChI is InChI=1S/C8H16O6S/c1-3-4-12-8(9)14-7-5-13-15(10,11)6(7)2/h6-7,10-11H,3-5H2,1-2H3. The van der Waals surface area contributed by atoms with E-state index in [9.17, 15) is 13.9 Å². The lowest BCUT2D eigenvalue weighted by Crippen LogP contribution is -2.28. The highest BCUT2D eigenvalue weighted by Gasteiger charge is 2.43. The van der Waals surface area contributed by atoms with E-state index >= 15 is 0 Å². The zero-order chi connectivity index (χ0) is 11.5. The zero-order valence-electron chi connectivity index (χ0n) is 8.71. The van der Waals surface area contributed by atoms with Crippen molar-refractivity contribution in [2.24, 2.45) is 0 Å². The van der Waals surface area contributed by atoms with Crippen molar-refractivity contribution in [3.63, 3.8) is 0 Å². The summed E-state index contributed by atoms with van der Waals surface area (Å²) < 4.78 is 32.9. The summed E-state index contributed by atoms with van der Waals surface area (Å²) in [6.07, 6.45) is -0.741. The molecule has 0 saturated carbocycles. The van der Waals surface area contributed by atoms with E-state index in [0.717, 1.165) is 0 Å². The number of carbonyl (C=O) groups is 1. The van der Waals surface area contributed by atoms with Crippen molar-refractivity contribution < 1.29 is 27.6 Å². The summed E-state index contributed by atoms with van der Waals surface area (Å²) in [5.74, 6) is 0. The van der Waals surface area contributed by atoms with Crippen molar-refractivity contribution in [3.8, 4) is 0 Å². The molecule has 2 N–H and O–H groups in total. The molecule has 0 aromatic heterocycles. The Kier molecular flexibility index (Phi) is 4.21. The highest BCUT2D eigenvalue weighted by molar-refractivity contribution is 8.20. The minimum absolute atomic E-state index is 0.00920. The third-order valence-corrected chi connectivity index (χ3v) is 3.84. The van der Waals surface area contributed by atoms with Crippen LogP contribution in [0.5, 0.6) is 0 Å². The van der Waals surface area contributed by atoms with Crippen molar-refractivity contribution >= 4 is 17.0 Å². The molecule has 6 nitrogen and oxygen atoms in total. The number of ether oxygens (including phenoxy) is 2. The second-order valence-electron chi connectivity index (χ2n) is 3.28. The average molecular weight is 240 g/mol. The van der Waals surface area contributed by atoms with Gasteiger partial charge in [-0.2, -0.15) is 0 Å². The van der Waals surface area contributed by atoms with E-state index in [4.69, 9.17) is 13.7 Å². The summed E-state index contributed by atoms with van der Waals surface area (Å²) in [6.45, 7) is 3.70. The summed E-state index contributed by atoms with van der Waals surface area (Å²) in [5, 5.41) is -0.619. The molecule has 0 bridgehead atoms. The molecule has 0 spiro atoms. The van der Waals surface area contributed by atoms with Crippen molar-refractivity contribution in [1.82, 2.24) is 0 Å². The molecule has 1 aliphatic rings. The van der Waals surface area contributed by atoms with Gasteiger partial charge in [-0.25, -0.2) is 4.79 Å². The van der Waals surface area contributed by atoms with Crippen molar-refractivity contribution in [2.45, 2.75) is 31.6 Å².